The standard InChI is InChI=1S/C41H26N4S/c1-3-15-27-25(11-1)13-9-19-31(27)39-42-40(32-20-10-14-26-12-2-4-16-28(26)32)44-41(43-39)45-34-21-7-5-18-33(34)37-35(45)24-23-30-29-17-6-8-22-36(29)46-38(30)37/h1-17,19-24,33H,18H2. The first-order chi connectivity index (χ1) is 22.8. The highest BCUT2D eigenvalue weighted by atomic mass is 32.1. The van der Waals surface area contributed by atoms with Gasteiger partial charge in [-0.15, -0.1) is 11.3 Å². The Hall–Kier alpha value is -5.65. The molecule has 2 aliphatic rings. The van der Waals surface area contributed by atoms with E-state index in [-0.39, 0.29) is 5.92 Å². The summed E-state index contributed by atoms with van der Waals surface area (Å²) in [7, 11) is 0. The van der Waals surface area contributed by atoms with Crippen LogP contribution in [0.1, 0.15) is 17.9 Å². The van der Waals surface area contributed by atoms with Gasteiger partial charge < -0.3 is 0 Å². The van der Waals surface area contributed by atoms with Crippen molar-refractivity contribution in [1.29, 1.82) is 0 Å². The molecule has 4 nitrogen and oxygen atoms in total. The number of hydrogen-bond donors (Lipinski definition) is 0. The largest absolute Gasteiger partial charge is 0.282 e. The average molecular weight is 607 g/mol. The van der Waals surface area contributed by atoms with Gasteiger partial charge in [-0.25, -0.2) is 4.98 Å². The quantitative estimate of drug-likeness (QED) is 0.201. The minimum Gasteiger partial charge on any atom is -0.282 e. The van der Waals surface area contributed by atoms with Gasteiger partial charge in [0.2, 0.25) is 5.95 Å². The minimum atomic E-state index is 0.232. The molecule has 0 fully saturated rings. The van der Waals surface area contributed by atoms with Crippen LogP contribution in [0.3, 0.4) is 0 Å². The molecule has 0 saturated carbocycles. The van der Waals surface area contributed by atoms with Crippen molar-refractivity contribution in [1.82, 2.24) is 15.0 Å². The Bertz CT molecular complexity index is 2490. The highest BCUT2D eigenvalue weighted by Gasteiger charge is 2.38. The molecule has 8 aromatic rings. The Kier molecular flexibility index (Phi) is 5.54. The van der Waals surface area contributed by atoms with E-state index in [0.29, 0.717) is 17.6 Å². The fraction of sp³-hybridized carbons (Fsp3) is 0.0488. The Balaban J connectivity index is 1.27. The number of anilines is 2. The summed E-state index contributed by atoms with van der Waals surface area (Å²) in [5.74, 6) is 2.22. The van der Waals surface area contributed by atoms with Crippen LogP contribution in [0, 0.1) is 0 Å². The van der Waals surface area contributed by atoms with Crippen molar-refractivity contribution < 1.29 is 0 Å². The number of hydrogen-bond acceptors (Lipinski definition) is 5. The second kappa shape index (κ2) is 9.93. The summed E-state index contributed by atoms with van der Waals surface area (Å²) in [6.07, 6.45) is 7.64. The summed E-state index contributed by atoms with van der Waals surface area (Å²) in [6.45, 7) is 0. The molecule has 216 valence electrons. The molecule has 0 bridgehead atoms. The molecule has 5 heteroatoms. The van der Waals surface area contributed by atoms with Gasteiger partial charge in [-0.2, -0.15) is 9.97 Å². The van der Waals surface area contributed by atoms with E-state index in [1.54, 1.807) is 0 Å². The van der Waals surface area contributed by atoms with Crippen molar-refractivity contribution in [2.24, 2.45) is 0 Å². The third-order valence-electron chi connectivity index (χ3n) is 9.43. The number of rotatable bonds is 3. The lowest BCUT2D eigenvalue weighted by molar-refractivity contribution is 0.817. The number of benzene rings is 6. The maximum Gasteiger partial charge on any atom is 0.238 e. The van der Waals surface area contributed by atoms with Crippen LogP contribution in [0.5, 0.6) is 0 Å². The number of allylic oxidation sites excluding steroid dienone is 4. The van der Waals surface area contributed by atoms with Crippen LogP contribution >= 0.6 is 11.3 Å². The minimum absolute atomic E-state index is 0.232. The summed E-state index contributed by atoms with van der Waals surface area (Å²) >= 11 is 1.89. The molecule has 10 rings (SSSR count). The molecule has 0 radical (unpaired) electrons. The van der Waals surface area contributed by atoms with Crippen LogP contribution in [-0.4, -0.2) is 15.0 Å². The average Bonchev–Trinajstić information content (AvgIpc) is 3.67. The normalized spacial score (nSPS) is 15.5. The summed E-state index contributed by atoms with van der Waals surface area (Å²) in [6, 6.07) is 42.9. The molecule has 0 N–H and O–H groups in total. The van der Waals surface area contributed by atoms with E-state index >= 15 is 0 Å². The number of fused-ring (bicyclic) bond motifs is 9. The zero-order chi connectivity index (χ0) is 30.2. The number of nitrogens with zero attached hydrogens (tertiary/aromatic N) is 4. The third kappa shape index (κ3) is 3.76. The number of aromatic nitrogens is 3. The molecule has 1 aliphatic heterocycles. The highest BCUT2D eigenvalue weighted by molar-refractivity contribution is 7.26. The van der Waals surface area contributed by atoms with Crippen LogP contribution < -0.4 is 4.90 Å². The molecule has 2 aromatic heterocycles. The molecule has 3 heterocycles. The SMILES string of the molecule is C1=CCC2C(=C1)N(c1nc(-c3cccc4ccccc34)nc(-c3cccc4ccccc34)n1)c1ccc3c(sc4ccccc43)c12. The second-order valence-corrected chi connectivity index (χ2v) is 13.0. The summed E-state index contributed by atoms with van der Waals surface area (Å²) in [5.41, 5.74) is 5.72. The lowest BCUT2D eigenvalue weighted by Gasteiger charge is -2.23. The zero-order valence-corrected chi connectivity index (χ0v) is 25.6. The van der Waals surface area contributed by atoms with Crippen molar-refractivity contribution in [3.8, 4) is 22.8 Å². The van der Waals surface area contributed by atoms with Gasteiger partial charge in [0.05, 0.1) is 5.69 Å². The highest BCUT2D eigenvalue weighted by Crippen LogP contribution is 2.54. The van der Waals surface area contributed by atoms with Crippen LogP contribution in [0.25, 0.3) is 64.5 Å². The van der Waals surface area contributed by atoms with Gasteiger partial charge >= 0.3 is 0 Å². The Labute approximate surface area is 269 Å². The lowest BCUT2D eigenvalue weighted by Crippen LogP contribution is -2.18. The van der Waals surface area contributed by atoms with E-state index in [0.717, 1.165) is 44.8 Å². The van der Waals surface area contributed by atoms with Crippen molar-refractivity contribution in [3.63, 3.8) is 0 Å². The van der Waals surface area contributed by atoms with Gasteiger partial charge in [-0.3, -0.25) is 4.90 Å². The van der Waals surface area contributed by atoms with E-state index in [9.17, 15) is 0 Å². The van der Waals surface area contributed by atoms with Crippen molar-refractivity contribution in [2.45, 2.75) is 12.3 Å². The first-order valence-corrected chi connectivity index (χ1v) is 16.5. The zero-order valence-electron chi connectivity index (χ0n) is 24.8. The molecule has 6 aromatic carbocycles. The lowest BCUT2D eigenvalue weighted by atomic mass is 9.91. The summed E-state index contributed by atoms with van der Waals surface area (Å²) < 4.78 is 2.67. The third-order valence-corrected chi connectivity index (χ3v) is 10.6. The first-order valence-electron chi connectivity index (χ1n) is 15.7. The van der Waals surface area contributed by atoms with Crippen LogP contribution in [0.15, 0.2) is 145 Å². The molecule has 1 atom stereocenters. The summed E-state index contributed by atoms with van der Waals surface area (Å²) in [4.78, 5) is 18.1. The maximum absolute atomic E-state index is 5.30. The van der Waals surface area contributed by atoms with Crippen molar-refractivity contribution in [3.05, 3.63) is 151 Å². The smallest absolute Gasteiger partial charge is 0.238 e. The van der Waals surface area contributed by atoms with Gasteiger partial charge in [-0.1, -0.05) is 121 Å². The molecular weight excluding hydrogens is 581 g/mol. The maximum atomic E-state index is 5.30. The van der Waals surface area contributed by atoms with Gasteiger partial charge in [0.1, 0.15) is 0 Å². The molecule has 0 amide bonds. The second-order valence-electron chi connectivity index (χ2n) is 12.0. The van der Waals surface area contributed by atoms with Crippen LogP contribution in [0.4, 0.5) is 11.6 Å². The van der Waals surface area contributed by atoms with Crippen LogP contribution in [0.2, 0.25) is 0 Å². The van der Waals surface area contributed by atoms with E-state index < -0.39 is 0 Å². The Morgan fingerprint density at radius 1 is 0.587 bits per heavy atom. The van der Waals surface area contributed by atoms with Gasteiger partial charge in [0.25, 0.3) is 0 Å². The first kappa shape index (κ1) is 25.7. The summed E-state index contributed by atoms with van der Waals surface area (Å²) in [5, 5.41) is 7.20. The van der Waals surface area contributed by atoms with E-state index in [1.165, 1.54) is 31.4 Å². The monoisotopic (exact) mass is 606 g/mol. The Morgan fingerprint density at radius 2 is 1.22 bits per heavy atom. The predicted molar refractivity (Wildman–Crippen MR) is 192 cm³/mol. The van der Waals surface area contributed by atoms with E-state index in [1.807, 2.05) is 11.3 Å². The molecule has 0 saturated heterocycles. The van der Waals surface area contributed by atoms with Crippen molar-refractivity contribution in [2.75, 3.05) is 4.90 Å². The molecule has 0 spiro atoms. The number of thiophene rings is 1. The fourth-order valence-electron chi connectivity index (χ4n) is 7.35. The van der Waals surface area contributed by atoms with E-state index in [4.69, 9.17) is 15.0 Å². The fourth-order valence-corrected chi connectivity index (χ4v) is 8.65. The molecule has 1 aliphatic carbocycles. The Morgan fingerprint density at radius 3 is 1.93 bits per heavy atom. The topological polar surface area (TPSA) is 41.9 Å². The molecule has 46 heavy (non-hydrogen) atoms. The van der Waals surface area contributed by atoms with E-state index in [2.05, 4.69) is 144 Å². The van der Waals surface area contributed by atoms with Gasteiger partial charge in [0.15, 0.2) is 11.6 Å². The van der Waals surface area contributed by atoms with Gasteiger partial charge in [-0.05, 0) is 46.2 Å². The van der Waals surface area contributed by atoms with Crippen molar-refractivity contribution >= 4 is 64.7 Å². The van der Waals surface area contributed by atoms with Gasteiger partial charge in [0, 0.05) is 48.5 Å². The molecular formula is C41H26N4S. The van der Waals surface area contributed by atoms with Crippen LogP contribution in [-0.2, 0) is 0 Å². The molecule has 1 unspecified atom stereocenters. The predicted octanol–water partition coefficient (Wildman–Crippen LogP) is 11.0.